The fourth-order valence-electron chi connectivity index (χ4n) is 1.56. The minimum absolute atomic E-state index is 0.566. The minimum atomic E-state index is 0.566. The number of hydrogen-bond donors (Lipinski definition) is 0. The summed E-state index contributed by atoms with van der Waals surface area (Å²) in [6, 6.07) is 7.75. The molecule has 4 heteroatoms. The van der Waals surface area contributed by atoms with E-state index >= 15 is 0 Å². The molecule has 0 bridgehead atoms. The van der Waals surface area contributed by atoms with E-state index in [0.717, 1.165) is 18.7 Å². The molecule has 1 rings (SSSR count). The predicted molar refractivity (Wildman–Crippen MR) is 65.9 cm³/mol. The van der Waals surface area contributed by atoms with Crippen molar-refractivity contribution < 1.29 is 9.47 Å². The molecule has 0 unspecified atom stereocenters. The zero-order chi connectivity index (χ0) is 12.7. The number of methoxy groups -OCH3 is 2. The molecule has 0 N–H and O–H groups in total. The van der Waals surface area contributed by atoms with Crippen molar-refractivity contribution >= 4 is 0 Å². The number of nitriles is 1. The third kappa shape index (κ3) is 4.06. The second-order valence-corrected chi connectivity index (χ2v) is 3.88. The highest BCUT2D eigenvalue weighted by atomic mass is 16.5. The van der Waals surface area contributed by atoms with Crippen LogP contribution in [0.5, 0.6) is 5.75 Å². The Labute approximate surface area is 102 Å². The van der Waals surface area contributed by atoms with Crippen molar-refractivity contribution in [2.24, 2.45) is 0 Å². The van der Waals surface area contributed by atoms with Gasteiger partial charge in [-0.3, -0.25) is 4.90 Å². The van der Waals surface area contributed by atoms with Gasteiger partial charge in [-0.1, -0.05) is 6.07 Å². The maximum atomic E-state index is 8.88. The van der Waals surface area contributed by atoms with Crippen LogP contribution in [0.25, 0.3) is 0 Å². The van der Waals surface area contributed by atoms with Gasteiger partial charge in [-0.05, 0) is 24.7 Å². The van der Waals surface area contributed by atoms with E-state index in [-0.39, 0.29) is 0 Å². The normalized spacial score (nSPS) is 10.3. The summed E-state index contributed by atoms with van der Waals surface area (Å²) in [7, 11) is 5.30. The third-order valence-corrected chi connectivity index (χ3v) is 2.52. The molecule has 4 nitrogen and oxygen atoms in total. The van der Waals surface area contributed by atoms with Gasteiger partial charge in [0.1, 0.15) is 11.8 Å². The van der Waals surface area contributed by atoms with E-state index in [2.05, 4.69) is 11.0 Å². The lowest BCUT2D eigenvalue weighted by Crippen LogP contribution is -2.22. The van der Waals surface area contributed by atoms with Gasteiger partial charge in [0.15, 0.2) is 0 Å². The molecule has 1 aromatic carbocycles. The van der Waals surface area contributed by atoms with E-state index in [0.29, 0.717) is 17.9 Å². The van der Waals surface area contributed by atoms with Gasteiger partial charge in [0, 0.05) is 20.2 Å². The Hall–Kier alpha value is -1.57. The molecule has 1 aromatic rings. The molecule has 92 valence electrons. The first-order valence-corrected chi connectivity index (χ1v) is 5.45. The highest BCUT2D eigenvalue weighted by Crippen LogP contribution is 2.19. The SMILES string of the molecule is COCCN(C)Cc1ccc(C#N)c(OC)c1. The smallest absolute Gasteiger partial charge is 0.136 e. The van der Waals surface area contributed by atoms with Gasteiger partial charge in [0.25, 0.3) is 0 Å². The molecular formula is C13H18N2O2. The van der Waals surface area contributed by atoms with Crippen molar-refractivity contribution in [3.05, 3.63) is 29.3 Å². The molecule has 0 saturated carbocycles. The first kappa shape index (κ1) is 13.5. The zero-order valence-corrected chi connectivity index (χ0v) is 10.6. The van der Waals surface area contributed by atoms with Crippen LogP contribution in [0, 0.1) is 11.3 Å². The summed E-state index contributed by atoms with van der Waals surface area (Å²) in [5.74, 6) is 0.630. The summed E-state index contributed by atoms with van der Waals surface area (Å²) >= 11 is 0. The topological polar surface area (TPSA) is 45.5 Å². The molecule has 0 aromatic heterocycles. The Kier molecular flexibility index (Phi) is 5.47. The number of ether oxygens (including phenoxy) is 2. The van der Waals surface area contributed by atoms with Crippen molar-refractivity contribution in [1.29, 1.82) is 5.26 Å². The number of benzene rings is 1. The molecule has 0 fully saturated rings. The monoisotopic (exact) mass is 234 g/mol. The van der Waals surface area contributed by atoms with Crippen molar-refractivity contribution in [2.75, 3.05) is 34.4 Å². The van der Waals surface area contributed by atoms with Gasteiger partial charge in [0.2, 0.25) is 0 Å². The fourth-order valence-corrected chi connectivity index (χ4v) is 1.56. The molecule has 0 heterocycles. The van der Waals surface area contributed by atoms with Crippen molar-refractivity contribution in [3.8, 4) is 11.8 Å². The van der Waals surface area contributed by atoms with Crippen LogP contribution in [0.1, 0.15) is 11.1 Å². The standard InChI is InChI=1S/C13H18N2O2/c1-15(6-7-16-2)10-11-4-5-12(9-14)13(8-11)17-3/h4-5,8H,6-7,10H2,1-3H3. The summed E-state index contributed by atoms with van der Waals surface area (Å²) < 4.78 is 10.2. The lowest BCUT2D eigenvalue weighted by Gasteiger charge is -2.16. The quantitative estimate of drug-likeness (QED) is 0.750. The van der Waals surface area contributed by atoms with E-state index < -0.39 is 0 Å². The first-order valence-electron chi connectivity index (χ1n) is 5.45. The molecular weight excluding hydrogens is 216 g/mol. The number of rotatable bonds is 6. The maximum Gasteiger partial charge on any atom is 0.136 e. The number of nitrogens with zero attached hydrogens (tertiary/aromatic N) is 2. The number of likely N-dealkylation sites (N-methyl/N-ethyl adjacent to an activating group) is 1. The predicted octanol–water partition coefficient (Wildman–Crippen LogP) is 1.65. The van der Waals surface area contributed by atoms with Crippen LogP contribution in [-0.4, -0.2) is 39.3 Å². The summed E-state index contributed by atoms with van der Waals surface area (Å²) in [6.45, 7) is 2.40. The summed E-state index contributed by atoms with van der Waals surface area (Å²) in [6.07, 6.45) is 0. The first-order chi connectivity index (χ1) is 8.21. The molecule has 0 radical (unpaired) electrons. The molecule has 0 spiro atoms. The Morgan fingerprint density at radius 3 is 2.71 bits per heavy atom. The highest BCUT2D eigenvalue weighted by Gasteiger charge is 2.05. The molecule has 0 aliphatic carbocycles. The second-order valence-electron chi connectivity index (χ2n) is 3.88. The largest absolute Gasteiger partial charge is 0.495 e. The van der Waals surface area contributed by atoms with E-state index in [1.807, 2.05) is 19.2 Å². The van der Waals surface area contributed by atoms with Crippen LogP contribution in [0.3, 0.4) is 0 Å². The molecule has 0 aliphatic rings. The van der Waals surface area contributed by atoms with E-state index in [1.54, 1.807) is 20.3 Å². The van der Waals surface area contributed by atoms with E-state index in [9.17, 15) is 0 Å². The third-order valence-electron chi connectivity index (χ3n) is 2.52. The molecule has 0 aliphatic heterocycles. The summed E-state index contributed by atoms with van der Waals surface area (Å²) in [4.78, 5) is 2.16. The van der Waals surface area contributed by atoms with E-state index in [1.165, 1.54) is 0 Å². The molecule has 0 amide bonds. The van der Waals surface area contributed by atoms with Crippen LogP contribution in [-0.2, 0) is 11.3 Å². The summed E-state index contributed by atoms with van der Waals surface area (Å²) in [5.41, 5.74) is 1.69. The van der Waals surface area contributed by atoms with Crippen LogP contribution in [0.4, 0.5) is 0 Å². The Bertz CT molecular complexity index is 399. The van der Waals surface area contributed by atoms with Gasteiger partial charge < -0.3 is 9.47 Å². The lowest BCUT2D eigenvalue weighted by molar-refractivity contribution is 0.158. The van der Waals surface area contributed by atoms with Crippen LogP contribution in [0.2, 0.25) is 0 Å². The minimum Gasteiger partial charge on any atom is -0.495 e. The van der Waals surface area contributed by atoms with Crippen LogP contribution in [0.15, 0.2) is 18.2 Å². The van der Waals surface area contributed by atoms with Gasteiger partial charge >= 0.3 is 0 Å². The lowest BCUT2D eigenvalue weighted by atomic mass is 10.1. The van der Waals surface area contributed by atoms with Crippen LogP contribution >= 0.6 is 0 Å². The van der Waals surface area contributed by atoms with Crippen molar-refractivity contribution in [2.45, 2.75) is 6.54 Å². The maximum absolute atomic E-state index is 8.88. The highest BCUT2D eigenvalue weighted by molar-refractivity contribution is 5.45. The summed E-state index contributed by atoms with van der Waals surface area (Å²) in [5, 5.41) is 8.88. The Balaban J connectivity index is 2.69. The second kappa shape index (κ2) is 6.89. The number of hydrogen-bond acceptors (Lipinski definition) is 4. The van der Waals surface area contributed by atoms with Crippen LogP contribution < -0.4 is 4.74 Å². The molecule has 0 saturated heterocycles. The van der Waals surface area contributed by atoms with Crippen molar-refractivity contribution in [1.82, 2.24) is 4.90 Å². The zero-order valence-electron chi connectivity index (χ0n) is 10.6. The van der Waals surface area contributed by atoms with Gasteiger partial charge in [-0.25, -0.2) is 0 Å². The van der Waals surface area contributed by atoms with Gasteiger partial charge in [-0.15, -0.1) is 0 Å². The Morgan fingerprint density at radius 1 is 1.35 bits per heavy atom. The molecule has 17 heavy (non-hydrogen) atoms. The average molecular weight is 234 g/mol. The fraction of sp³-hybridized carbons (Fsp3) is 0.462. The average Bonchev–Trinajstić information content (AvgIpc) is 2.36. The van der Waals surface area contributed by atoms with Gasteiger partial charge in [-0.2, -0.15) is 5.26 Å². The van der Waals surface area contributed by atoms with Gasteiger partial charge in [0.05, 0.1) is 19.3 Å². The van der Waals surface area contributed by atoms with E-state index in [4.69, 9.17) is 14.7 Å². The Morgan fingerprint density at radius 2 is 2.12 bits per heavy atom. The van der Waals surface area contributed by atoms with Crippen molar-refractivity contribution in [3.63, 3.8) is 0 Å². The molecule has 0 atom stereocenters.